The Morgan fingerprint density at radius 2 is 1.21 bits per heavy atom. The van der Waals surface area contributed by atoms with Crippen molar-refractivity contribution in [3.05, 3.63) is 107 Å². The van der Waals surface area contributed by atoms with Crippen LogP contribution in [0.1, 0.15) is 99.1 Å². The van der Waals surface area contributed by atoms with Crippen LogP contribution in [0.4, 0.5) is 11.4 Å². The average molecular weight is 504 g/mol. The predicted molar refractivity (Wildman–Crippen MR) is 166 cm³/mol. The normalized spacial score (nSPS) is 15.4. The quantitative estimate of drug-likeness (QED) is 0.262. The maximum absolute atomic E-state index is 9.36. The minimum Gasteiger partial charge on any atom is -0.335 e. The number of rotatable bonds is 5. The number of anilines is 2. The fourth-order valence-corrected chi connectivity index (χ4v) is 6.30. The van der Waals surface area contributed by atoms with E-state index in [-0.39, 0.29) is 11.0 Å². The van der Waals surface area contributed by atoms with Crippen LogP contribution < -0.4 is 4.90 Å². The van der Waals surface area contributed by atoms with E-state index < -0.39 is 11.8 Å². The molecule has 5 rings (SSSR count). The van der Waals surface area contributed by atoms with Crippen LogP contribution in [0.25, 0.3) is 22.3 Å². The predicted octanol–water partition coefficient (Wildman–Crippen LogP) is 10.8. The number of para-hydroxylation sites is 1. The van der Waals surface area contributed by atoms with Crippen LogP contribution in [0.15, 0.2) is 84.9 Å². The molecule has 0 unspecified atom stereocenters. The van der Waals surface area contributed by atoms with Crippen molar-refractivity contribution < 1.29 is 2.74 Å². The molecule has 0 N–H and O–H groups in total. The van der Waals surface area contributed by atoms with E-state index in [1.165, 1.54) is 22.3 Å². The number of nitrogens with zero attached hydrogens (tertiary/aromatic N) is 1. The topological polar surface area (TPSA) is 3.24 Å². The minimum absolute atomic E-state index is 0.260. The van der Waals surface area contributed by atoms with Gasteiger partial charge < -0.3 is 4.90 Å². The molecule has 4 aromatic carbocycles. The Bertz CT molecular complexity index is 1560. The van der Waals surface area contributed by atoms with E-state index in [0.29, 0.717) is 0 Å². The van der Waals surface area contributed by atoms with Gasteiger partial charge in [0, 0.05) is 24.9 Å². The maximum Gasteiger partial charge on any atom is 0.0530 e. The number of hydrogen-bond donors (Lipinski definition) is 0. The Morgan fingerprint density at radius 1 is 0.632 bits per heavy atom. The number of benzene rings is 4. The molecular weight excluding hydrogens is 458 g/mol. The SMILES string of the molecule is [2H]C(C)(C)c1cccc(-c2ccccc2)c1N(c1c(C([2H])(C)C)ccc2c1C(C)(C)c1ccccc1-2)C(C)(C)C. The zero-order chi connectivity index (χ0) is 29.3. The first-order valence-electron chi connectivity index (χ1n) is 14.8. The summed E-state index contributed by atoms with van der Waals surface area (Å²) in [6.45, 7) is 19.3. The Balaban J connectivity index is 1.99. The van der Waals surface area contributed by atoms with Gasteiger partial charge in [-0.15, -0.1) is 0 Å². The number of hydrogen-bond acceptors (Lipinski definition) is 1. The second-order valence-electron chi connectivity index (χ2n) is 12.6. The van der Waals surface area contributed by atoms with Crippen molar-refractivity contribution in [2.24, 2.45) is 0 Å². The Morgan fingerprint density at radius 3 is 1.84 bits per heavy atom. The molecule has 196 valence electrons. The molecule has 4 aromatic rings. The van der Waals surface area contributed by atoms with Gasteiger partial charge in [0.2, 0.25) is 0 Å². The fourth-order valence-electron chi connectivity index (χ4n) is 6.30. The summed E-state index contributed by atoms with van der Waals surface area (Å²) < 4.78 is 18.6. The van der Waals surface area contributed by atoms with Gasteiger partial charge in [-0.05, 0) is 71.5 Å². The van der Waals surface area contributed by atoms with Gasteiger partial charge in [0.15, 0.2) is 0 Å². The van der Waals surface area contributed by atoms with Crippen molar-refractivity contribution in [1.82, 2.24) is 0 Å². The van der Waals surface area contributed by atoms with Gasteiger partial charge in [0.05, 0.1) is 5.69 Å². The third-order valence-corrected chi connectivity index (χ3v) is 8.01. The lowest BCUT2D eigenvalue weighted by atomic mass is 9.78. The van der Waals surface area contributed by atoms with Gasteiger partial charge in [-0.3, -0.25) is 0 Å². The van der Waals surface area contributed by atoms with Gasteiger partial charge in [-0.25, -0.2) is 0 Å². The van der Waals surface area contributed by atoms with E-state index >= 15 is 0 Å². The zero-order valence-electron chi connectivity index (χ0n) is 26.5. The largest absolute Gasteiger partial charge is 0.335 e. The third-order valence-electron chi connectivity index (χ3n) is 8.01. The first kappa shape index (κ1) is 23.8. The van der Waals surface area contributed by atoms with E-state index in [1.807, 2.05) is 33.8 Å². The molecule has 0 saturated heterocycles. The van der Waals surface area contributed by atoms with Crippen LogP contribution in [-0.2, 0) is 5.41 Å². The molecule has 0 spiro atoms. The first-order valence-corrected chi connectivity index (χ1v) is 13.8. The second kappa shape index (κ2) is 9.45. The summed E-state index contributed by atoms with van der Waals surface area (Å²) >= 11 is 0. The molecule has 1 heteroatoms. The molecule has 1 aliphatic carbocycles. The lowest BCUT2D eigenvalue weighted by molar-refractivity contribution is 0.548. The van der Waals surface area contributed by atoms with Crippen LogP contribution in [0.3, 0.4) is 0 Å². The summed E-state index contributed by atoms with van der Waals surface area (Å²) in [5, 5.41) is 0. The van der Waals surface area contributed by atoms with Crippen molar-refractivity contribution in [2.75, 3.05) is 4.90 Å². The lowest BCUT2D eigenvalue weighted by Crippen LogP contribution is -2.41. The second-order valence-corrected chi connectivity index (χ2v) is 12.6. The maximum atomic E-state index is 9.36. The third kappa shape index (κ3) is 4.17. The van der Waals surface area contributed by atoms with Crippen LogP contribution in [0, 0.1) is 0 Å². The molecule has 1 aliphatic rings. The fraction of sp³-hybridized carbons (Fsp3) is 0.351. The highest BCUT2D eigenvalue weighted by atomic mass is 15.2. The molecule has 0 atom stereocenters. The van der Waals surface area contributed by atoms with Crippen molar-refractivity contribution in [2.45, 2.75) is 85.1 Å². The molecule has 0 bridgehead atoms. The van der Waals surface area contributed by atoms with E-state index in [1.54, 1.807) is 0 Å². The van der Waals surface area contributed by atoms with Crippen molar-refractivity contribution in [3.63, 3.8) is 0 Å². The molecule has 38 heavy (non-hydrogen) atoms. The monoisotopic (exact) mass is 503 g/mol. The van der Waals surface area contributed by atoms with Gasteiger partial charge in [0.25, 0.3) is 0 Å². The smallest absolute Gasteiger partial charge is 0.0530 e. The summed E-state index contributed by atoms with van der Waals surface area (Å²) in [6.07, 6.45) is 0. The standard InChI is InChI=1S/C37H43N/c1-24(2)27-19-15-20-29(26-16-11-10-12-17-26)34(27)38(36(5,6)7)35-28(25(3)4)22-23-31-30-18-13-14-21-32(30)37(8,9)33(31)35/h10-25H,1-9H3/i24D,25D. The molecule has 0 amide bonds. The van der Waals surface area contributed by atoms with E-state index in [9.17, 15) is 2.74 Å². The zero-order valence-corrected chi connectivity index (χ0v) is 24.5. The molecular formula is C37H43N. The van der Waals surface area contributed by atoms with E-state index in [2.05, 4.69) is 118 Å². The van der Waals surface area contributed by atoms with Gasteiger partial charge in [-0.1, -0.05) is 126 Å². The van der Waals surface area contributed by atoms with E-state index in [4.69, 9.17) is 0 Å². The van der Waals surface area contributed by atoms with Crippen LogP contribution in [-0.4, -0.2) is 5.54 Å². The minimum atomic E-state index is -0.837. The molecule has 0 radical (unpaired) electrons. The summed E-state index contributed by atoms with van der Waals surface area (Å²) in [5.74, 6) is -1.67. The highest BCUT2D eigenvalue weighted by Gasteiger charge is 2.42. The summed E-state index contributed by atoms with van der Waals surface area (Å²) in [5.41, 5.74) is 10.8. The molecule has 0 aromatic heterocycles. The Hall–Kier alpha value is -3.32. The molecule has 0 fully saturated rings. The summed E-state index contributed by atoms with van der Waals surface area (Å²) in [7, 11) is 0. The van der Waals surface area contributed by atoms with E-state index in [0.717, 1.165) is 33.6 Å². The Kier molecular flexibility index (Phi) is 5.91. The highest BCUT2D eigenvalue weighted by molar-refractivity contribution is 5.93. The van der Waals surface area contributed by atoms with Crippen LogP contribution in [0.5, 0.6) is 0 Å². The molecule has 0 saturated carbocycles. The van der Waals surface area contributed by atoms with Gasteiger partial charge in [0.1, 0.15) is 0 Å². The molecule has 0 aliphatic heterocycles. The van der Waals surface area contributed by atoms with Gasteiger partial charge >= 0.3 is 0 Å². The summed E-state index contributed by atoms with van der Waals surface area (Å²) in [4.78, 5) is 2.47. The van der Waals surface area contributed by atoms with Crippen molar-refractivity contribution >= 4 is 11.4 Å². The highest BCUT2D eigenvalue weighted by Crippen LogP contribution is 2.57. The van der Waals surface area contributed by atoms with Crippen LogP contribution in [0.2, 0.25) is 0 Å². The lowest BCUT2D eigenvalue weighted by Gasteiger charge is -2.44. The molecule has 1 nitrogen and oxygen atoms in total. The van der Waals surface area contributed by atoms with Gasteiger partial charge in [-0.2, -0.15) is 0 Å². The number of fused-ring (bicyclic) bond motifs is 3. The van der Waals surface area contributed by atoms with Crippen molar-refractivity contribution in [3.8, 4) is 22.3 Å². The summed E-state index contributed by atoms with van der Waals surface area (Å²) in [6, 6.07) is 30.1. The first-order chi connectivity index (χ1) is 18.5. The van der Waals surface area contributed by atoms with Crippen LogP contribution >= 0.6 is 0 Å². The molecule has 0 heterocycles. The Labute approximate surface area is 233 Å². The average Bonchev–Trinajstić information content (AvgIpc) is 3.10. The van der Waals surface area contributed by atoms with Crippen molar-refractivity contribution in [1.29, 1.82) is 0 Å².